The number of aromatic nitrogens is 1. The second kappa shape index (κ2) is 11.1. The minimum absolute atomic E-state index is 0.165. The summed E-state index contributed by atoms with van der Waals surface area (Å²) in [5.41, 5.74) is 0.868. The normalized spacial score (nSPS) is 29.1. The molecule has 1 aromatic heterocycles. The molecule has 1 amide bonds. The molecule has 1 spiro atoms. The molecule has 0 bridgehead atoms. The summed E-state index contributed by atoms with van der Waals surface area (Å²) in [6.07, 6.45) is 18.4. The third-order valence-corrected chi connectivity index (χ3v) is 10.0. The monoisotopic (exact) mass is 550 g/mol. The van der Waals surface area contributed by atoms with Crippen molar-refractivity contribution in [1.82, 2.24) is 10.3 Å². The minimum Gasteiger partial charge on any atom is -0.478 e. The van der Waals surface area contributed by atoms with Gasteiger partial charge in [-0.15, -0.1) is 0 Å². The van der Waals surface area contributed by atoms with E-state index in [2.05, 4.69) is 5.32 Å². The Hall–Kier alpha value is -3.00. The van der Waals surface area contributed by atoms with Crippen LogP contribution >= 0.6 is 0 Å². The number of hydrogen-bond donors (Lipinski definition) is 2. The number of nitrogens with zero attached hydrogens (tertiary/aromatic N) is 1. The summed E-state index contributed by atoms with van der Waals surface area (Å²) < 4.78 is 26.5. The zero-order valence-electron chi connectivity index (χ0n) is 23.0. The number of hydrogen-bond acceptors (Lipinski definition) is 5. The van der Waals surface area contributed by atoms with E-state index in [1.165, 1.54) is 63.0 Å². The molecule has 4 aliphatic rings. The van der Waals surface area contributed by atoms with Crippen molar-refractivity contribution in [2.24, 2.45) is 11.8 Å². The van der Waals surface area contributed by atoms with Gasteiger partial charge in [-0.2, -0.15) is 0 Å². The summed E-state index contributed by atoms with van der Waals surface area (Å²) in [5, 5.41) is 12.1. The Labute approximate surface area is 234 Å². The number of amides is 1. The van der Waals surface area contributed by atoms with E-state index in [4.69, 9.17) is 19.2 Å². The number of carbonyl (C=O) groups excluding carboxylic acids is 1. The van der Waals surface area contributed by atoms with Crippen molar-refractivity contribution in [2.75, 3.05) is 6.54 Å². The smallest absolute Gasteiger partial charge is 0.328 e. The van der Waals surface area contributed by atoms with Crippen molar-refractivity contribution >= 4 is 18.0 Å². The molecule has 8 heteroatoms. The number of carboxylic acids is 1. The molecule has 3 saturated carbocycles. The SMILES string of the molecule is O=C(O)/C=C/c1ccc(F)cc1CCC1(c2nc(C(=O)NCCCCC3CCCCC3)co2)CC2CCC3OC231. The number of nitrogens with one attached hydrogen (secondary N) is 1. The van der Waals surface area contributed by atoms with Crippen LogP contribution in [0.4, 0.5) is 4.39 Å². The Bertz CT molecular complexity index is 1280. The van der Waals surface area contributed by atoms with Gasteiger partial charge in [0.25, 0.3) is 5.91 Å². The second-order valence-corrected chi connectivity index (χ2v) is 12.3. The Morgan fingerprint density at radius 3 is 2.77 bits per heavy atom. The van der Waals surface area contributed by atoms with Crippen molar-refractivity contribution in [1.29, 1.82) is 0 Å². The molecule has 7 nitrogen and oxygen atoms in total. The fourth-order valence-corrected chi connectivity index (χ4v) is 7.96. The van der Waals surface area contributed by atoms with Crippen LogP contribution in [0.1, 0.15) is 105 Å². The molecular weight excluding hydrogens is 511 g/mol. The highest BCUT2D eigenvalue weighted by Gasteiger charge is 2.83. The third-order valence-electron chi connectivity index (χ3n) is 10.0. The van der Waals surface area contributed by atoms with Gasteiger partial charge in [0.05, 0.1) is 11.5 Å². The molecule has 1 aromatic carbocycles. The topological polar surface area (TPSA) is 105 Å². The highest BCUT2D eigenvalue weighted by Crippen LogP contribution is 2.74. The molecule has 0 radical (unpaired) electrons. The van der Waals surface area contributed by atoms with Gasteiger partial charge in [0.2, 0.25) is 5.89 Å². The molecule has 2 N–H and O–H groups in total. The van der Waals surface area contributed by atoms with E-state index in [1.54, 1.807) is 6.07 Å². The van der Waals surface area contributed by atoms with Crippen molar-refractivity contribution in [2.45, 2.75) is 101 Å². The molecule has 2 aromatic rings. The average Bonchev–Trinajstić information content (AvgIpc) is 3.40. The van der Waals surface area contributed by atoms with E-state index < -0.39 is 11.4 Å². The molecule has 4 unspecified atom stereocenters. The summed E-state index contributed by atoms with van der Waals surface area (Å²) in [6, 6.07) is 4.41. The van der Waals surface area contributed by atoms with Crippen LogP contribution in [-0.2, 0) is 21.4 Å². The molecule has 3 aliphatic carbocycles. The molecule has 6 rings (SSSR count). The van der Waals surface area contributed by atoms with Gasteiger partial charge >= 0.3 is 5.97 Å². The zero-order chi connectivity index (χ0) is 27.7. The van der Waals surface area contributed by atoms with Crippen LogP contribution in [0, 0.1) is 17.7 Å². The second-order valence-electron chi connectivity index (χ2n) is 12.3. The van der Waals surface area contributed by atoms with Crippen LogP contribution in [-0.4, -0.2) is 40.2 Å². The maximum atomic E-state index is 14.2. The molecule has 4 atom stereocenters. The van der Waals surface area contributed by atoms with E-state index in [0.29, 0.717) is 36.8 Å². The number of unbranched alkanes of at least 4 members (excludes halogenated alkanes) is 1. The predicted molar refractivity (Wildman–Crippen MR) is 147 cm³/mol. The molecule has 214 valence electrons. The number of oxazole rings is 1. The summed E-state index contributed by atoms with van der Waals surface area (Å²) in [5.74, 6) is 0.172. The summed E-state index contributed by atoms with van der Waals surface area (Å²) in [6.45, 7) is 0.627. The fourth-order valence-electron chi connectivity index (χ4n) is 7.96. The lowest BCUT2D eigenvalue weighted by atomic mass is 9.51. The number of aryl methyl sites for hydroxylation is 1. The van der Waals surface area contributed by atoms with Crippen LogP contribution in [0.3, 0.4) is 0 Å². The average molecular weight is 551 g/mol. The first-order valence-corrected chi connectivity index (χ1v) is 15.0. The Kier molecular flexibility index (Phi) is 7.55. The van der Waals surface area contributed by atoms with E-state index in [0.717, 1.165) is 49.7 Å². The van der Waals surface area contributed by atoms with Gasteiger partial charge in [-0.05, 0) is 79.7 Å². The van der Waals surface area contributed by atoms with E-state index in [-0.39, 0.29) is 29.1 Å². The van der Waals surface area contributed by atoms with Gasteiger partial charge in [0.15, 0.2) is 5.69 Å². The molecule has 1 aliphatic heterocycles. The van der Waals surface area contributed by atoms with Gasteiger partial charge in [-0.1, -0.05) is 51.0 Å². The van der Waals surface area contributed by atoms with Gasteiger partial charge in [-0.3, -0.25) is 4.79 Å². The summed E-state index contributed by atoms with van der Waals surface area (Å²) in [4.78, 5) is 28.7. The lowest BCUT2D eigenvalue weighted by molar-refractivity contribution is -0.131. The number of epoxide rings is 1. The fraction of sp³-hybridized carbons (Fsp3) is 0.594. The van der Waals surface area contributed by atoms with E-state index >= 15 is 0 Å². The Balaban J connectivity index is 1.12. The van der Waals surface area contributed by atoms with Crippen LogP contribution < -0.4 is 5.32 Å². The molecule has 2 heterocycles. The van der Waals surface area contributed by atoms with Gasteiger partial charge in [0, 0.05) is 12.6 Å². The molecule has 4 fully saturated rings. The lowest BCUT2D eigenvalue weighted by Crippen LogP contribution is -2.59. The standard InChI is InChI=1S/C32H39FN2O5/c33-25-12-9-22(10-14-28(36)37)23(18-25)15-16-31(19-24-11-13-27-32(24,31)40-27)30-35-26(20-39-30)29(38)34-17-5-4-8-21-6-2-1-3-7-21/h9-10,12,14,18,20-21,24,27H,1-8,11,13,15-17,19H2,(H,34,38)(H,36,37)/b14-10+. The van der Waals surface area contributed by atoms with E-state index in [1.807, 2.05) is 0 Å². The number of rotatable bonds is 12. The van der Waals surface area contributed by atoms with Crippen LogP contribution in [0.2, 0.25) is 0 Å². The minimum atomic E-state index is -1.05. The molecular formula is C32H39FN2O5. The summed E-state index contributed by atoms with van der Waals surface area (Å²) >= 11 is 0. The van der Waals surface area contributed by atoms with Crippen LogP contribution in [0.15, 0.2) is 35.0 Å². The van der Waals surface area contributed by atoms with E-state index in [9.17, 15) is 14.0 Å². The van der Waals surface area contributed by atoms with Crippen LogP contribution in [0.25, 0.3) is 6.08 Å². The van der Waals surface area contributed by atoms with Crippen molar-refractivity contribution in [3.05, 3.63) is 59.1 Å². The van der Waals surface area contributed by atoms with Gasteiger partial charge in [-0.25, -0.2) is 14.2 Å². The van der Waals surface area contributed by atoms with Crippen LogP contribution in [0.5, 0.6) is 0 Å². The quantitative estimate of drug-likeness (QED) is 0.185. The van der Waals surface area contributed by atoms with Crippen molar-refractivity contribution in [3.8, 4) is 0 Å². The third kappa shape index (κ3) is 5.00. The Morgan fingerprint density at radius 2 is 2.00 bits per heavy atom. The molecule has 1 saturated heterocycles. The highest BCUT2D eigenvalue weighted by atomic mass is 19.1. The maximum absolute atomic E-state index is 14.2. The summed E-state index contributed by atoms with van der Waals surface area (Å²) in [7, 11) is 0. The lowest BCUT2D eigenvalue weighted by Gasteiger charge is -2.51. The number of ether oxygens (including phenoxy) is 1. The number of halogens is 1. The van der Waals surface area contributed by atoms with Crippen molar-refractivity contribution < 1.29 is 28.2 Å². The number of aliphatic carboxylic acids is 1. The largest absolute Gasteiger partial charge is 0.478 e. The number of benzene rings is 1. The van der Waals surface area contributed by atoms with Crippen molar-refractivity contribution in [3.63, 3.8) is 0 Å². The first-order valence-electron chi connectivity index (χ1n) is 15.0. The van der Waals surface area contributed by atoms with Gasteiger partial charge in [0.1, 0.15) is 17.7 Å². The first kappa shape index (κ1) is 27.2. The maximum Gasteiger partial charge on any atom is 0.328 e. The number of carbonyl (C=O) groups is 2. The predicted octanol–water partition coefficient (Wildman–Crippen LogP) is 6.21. The van der Waals surface area contributed by atoms with Gasteiger partial charge < -0.3 is 19.6 Å². The highest BCUT2D eigenvalue weighted by molar-refractivity contribution is 5.91. The zero-order valence-corrected chi connectivity index (χ0v) is 23.0. The Morgan fingerprint density at radius 1 is 1.15 bits per heavy atom. The first-order chi connectivity index (χ1) is 19.4. The molecule has 40 heavy (non-hydrogen) atoms. The number of carboxylic acid groups (broad SMARTS) is 1.